The van der Waals surface area contributed by atoms with Crippen LogP contribution < -0.4 is 16.3 Å². The van der Waals surface area contributed by atoms with Gasteiger partial charge >= 0.3 is 6.09 Å². The zero-order valence-electron chi connectivity index (χ0n) is 18.8. The molecule has 33 heavy (non-hydrogen) atoms. The Labute approximate surface area is 190 Å². The van der Waals surface area contributed by atoms with Crippen LogP contribution in [-0.2, 0) is 11.8 Å². The summed E-state index contributed by atoms with van der Waals surface area (Å²) in [4.78, 5) is 38.2. The van der Waals surface area contributed by atoms with Crippen LogP contribution in [0.5, 0.6) is 0 Å². The molecule has 2 aromatic heterocycles. The Morgan fingerprint density at radius 2 is 1.61 bits per heavy atom. The van der Waals surface area contributed by atoms with Gasteiger partial charge in [-0.2, -0.15) is 0 Å². The third kappa shape index (κ3) is 4.57. The lowest BCUT2D eigenvalue weighted by molar-refractivity contribution is 0.0636. The van der Waals surface area contributed by atoms with Gasteiger partial charge in [0.2, 0.25) is 11.0 Å². The predicted molar refractivity (Wildman–Crippen MR) is 128 cm³/mol. The summed E-state index contributed by atoms with van der Waals surface area (Å²) in [6.07, 6.45) is 0.975. The van der Waals surface area contributed by atoms with Crippen LogP contribution in [-0.4, -0.2) is 16.3 Å². The first-order valence-electron chi connectivity index (χ1n) is 10.5. The summed E-state index contributed by atoms with van der Waals surface area (Å²) in [6, 6.07) is 17.6. The van der Waals surface area contributed by atoms with E-state index in [1.807, 2.05) is 30.3 Å². The number of anilines is 1. The number of nitrogens with zero attached hydrogens (tertiary/aromatic N) is 1. The number of benzene rings is 2. The van der Waals surface area contributed by atoms with E-state index in [1.165, 1.54) is 4.57 Å². The minimum Gasteiger partial charge on any atom is -0.449 e. The van der Waals surface area contributed by atoms with Crippen molar-refractivity contribution in [1.82, 2.24) is 4.57 Å². The maximum atomic E-state index is 13.5. The van der Waals surface area contributed by atoms with E-state index in [2.05, 4.69) is 5.32 Å². The van der Waals surface area contributed by atoms with E-state index in [4.69, 9.17) is 9.15 Å². The molecule has 1 amide bonds. The van der Waals surface area contributed by atoms with Gasteiger partial charge in [-0.3, -0.25) is 14.9 Å². The fourth-order valence-corrected chi connectivity index (χ4v) is 3.47. The van der Waals surface area contributed by atoms with Crippen LogP contribution in [0.1, 0.15) is 20.8 Å². The molecule has 0 aliphatic rings. The minimum absolute atomic E-state index is 0.0100. The molecule has 0 saturated heterocycles. The van der Waals surface area contributed by atoms with Crippen molar-refractivity contribution in [1.29, 1.82) is 0 Å². The number of aryl methyl sites for hydroxylation is 1. The minimum atomic E-state index is -0.615. The fraction of sp³-hybridized carbons (Fsp3) is 0.192. The van der Waals surface area contributed by atoms with Crippen molar-refractivity contribution in [3.63, 3.8) is 0 Å². The molecule has 0 saturated carbocycles. The summed E-state index contributed by atoms with van der Waals surface area (Å²) in [5.41, 5.74) is 0.837. The van der Waals surface area contributed by atoms with Gasteiger partial charge in [0.15, 0.2) is 0 Å². The zero-order chi connectivity index (χ0) is 23.8. The third-order valence-corrected chi connectivity index (χ3v) is 4.98. The number of amides is 1. The van der Waals surface area contributed by atoms with Crippen LogP contribution in [0.2, 0.25) is 0 Å². The Morgan fingerprint density at radius 3 is 2.24 bits per heavy atom. The lowest BCUT2D eigenvalue weighted by atomic mass is 9.98. The van der Waals surface area contributed by atoms with E-state index in [1.54, 1.807) is 64.3 Å². The quantitative estimate of drug-likeness (QED) is 0.471. The Balaban J connectivity index is 1.84. The molecule has 4 rings (SSSR count). The second-order valence-corrected chi connectivity index (χ2v) is 8.68. The van der Waals surface area contributed by atoms with E-state index < -0.39 is 11.7 Å². The molecule has 0 radical (unpaired) electrons. The first-order valence-corrected chi connectivity index (χ1v) is 10.5. The highest BCUT2D eigenvalue weighted by Crippen LogP contribution is 2.32. The van der Waals surface area contributed by atoms with Crippen molar-refractivity contribution >= 4 is 22.7 Å². The van der Waals surface area contributed by atoms with Crippen LogP contribution in [0.25, 0.3) is 33.4 Å². The van der Waals surface area contributed by atoms with Gasteiger partial charge in [0.25, 0.3) is 5.56 Å². The molecular weight excluding hydrogens is 420 g/mol. The summed E-state index contributed by atoms with van der Waals surface area (Å²) < 4.78 is 12.7. The van der Waals surface area contributed by atoms with Crippen molar-refractivity contribution in [2.45, 2.75) is 26.4 Å². The highest BCUT2D eigenvalue weighted by Gasteiger charge is 2.20. The molecule has 0 spiro atoms. The fourth-order valence-electron chi connectivity index (χ4n) is 3.47. The number of aromatic nitrogens is 1. The molecule has 0 fully saturated rings. The smallest absolute Gasteiger partial charge is 0.412 e. The lowest BCUT2D eigenvalue weighted by Crippen LogP contribution is -2.27. The maximum Gasteiger partial charge on any atom is 0.412 e. The van der Waals surface area contributed by atoms with Crippen LogP contribution in [0, 0.1) is 0 Å². The number of carbonyl (C=O) groups excluding carboxylic acids is 1. The van der Waals surface area contributed by atoms with Crippen molar-refractivity contribution in [2.75, 3.05) is 5.32 Å². The van der Waals surface area contributed by atoms with E-state index in [0.29, 0.717) is 28.1 Å². The van der Waals surface area contributed by atoms with Gasteiger partial charge in [0, 0.05) is 24.5 Å². The number of hydrogen-bond donors (Lipinski definition) is 1. The Morgan fingerprint density at radius 1 is 0.939 bits per heavy atom. The van der Waals surface area contributed by atoms with E-state index in [0.717, 1.165) is 0 Å². The summed E-state index contributed by atoms with van der Waals surface area (Å²) in [7, 11) is 1.61. The summed E-state index contributed by atoms with van der Waals surface area (Å²) in [5.74, 6) is 0.309. The van der Waals surface area contributed by atoms with Crippen molar-refractivity contribution < 1.29 is 13.9 Å². The molecule has 0 bridgehead atoms. The van der Waals surface area contributed by atoms with E-state index in [-0.39, 0.29) is 22.0 Å². The maximum absolute atomic E-state index is 13.5. The molecule has 2 heterocycles. The predicted octanol–water partition coefficient (Wildman–Crippen LogP) is 5.17. The van der Waals surface area contributed by atoms with Crippen molar-refractivity contribution in [2.24, 2.45) is 7.05 Å². The van der Waals surface area contributed by atoms with Gasteiger partial charge in [0.1, 0.15) is 11.4 Å². The van der Waals surface area contributed by atoms with Gasteiger partial charge in [-0.15, -0.1) is 0 Å². The van der Waals surface area contributed by atoms with Gasteiger partial charge < -0.3 is 13.7 Å². The van der Waals surface area contributed by atoms with Crippen LogP contribution in [0.3, 0.4) is 0 Å². The Hall–Kier alpha value is -4.13. The highest BCUT2D eigenvalue weighted by atomic mass is 16.6. The molecule has 0 unspecified atom stereocenters. The second-order valence-electron chi connectivity index (χ2n) is 8.68. The highest BCUT2D eigenvalue weighted by molar-refractivity contribution is 5.90. The van der Waals surface area contributed by atoms with E-state index >= 15 is 0 Å². The monoisotopic (exact) mass is 444 g/mol. The van der Waals surface area contributed by atoms with Crippen LogP contribution in [0.15, 0.2) is 80.9 Å². The summed E-state index contributed by atoms with van der Waals surface area (Å²) >= 11 is 0. The lowest BCUT2D eigenvalue weighted by Gasteiger charge is -2.19. The summed E-state index contributed by atoms with van der Waals surface area (Å²) in [5, 5.41) is 2.89. The molecule has 0 aliphatic heterocycles. The van der Waals surface area contributed by atoms with Crippen LogP contribution in [0.4, 0.5) is 10.5 Å². The van der Waals surface area contributed by atoms with Crippen LogP contribution >= 0.6 is 0 Å². The van der Waals surface area contributed by atoms with Gasteiger partial charge in [-0.25, -0.2) is 4.79 Å². The summed E-state index contributed by atoms with van der Waals surface area (Å²) in [6.45, 7) is 5.35. The van der Waals surface area contributed by atoms with Gasteiger partial charge in [-0.1, -0.05) is 42.5 Å². The second kappa shape index (κ2) is 8.43. The molecule has 0 aliphatic carbocycles. The number of carbonyl (C=O) groups is 1. The number of fused-ring (bicyclic) bond motifs is 1. The molecule has 1 N–H and O–H groups in total. The zero-order valence-corrected chi connectivity index (χ0v) is 18.8. The molecule has 7 nitrogen and oxygen atoms in total. The molecule has 0 atom stereocenters. The SMILES string of the molecule is Cn1ccc2c(=O)c(-c3ccc(NC(=O)OC(C)(C)C)cc3)c(-c3ccccc3)oc2c1=O. The topological polar surface area (TPSA) is 90.5 Å². The molecule has 4 aromatic rings. The molecular formula is C26H24N2O5. The molecule has 2 aromatic carbocycles. The normalized spacial score (nSPS) is 11.4. The first kappa shape index (κ1) is 22.1. The molecule has 7 heteroatoms. The standard InChI is InChI=1S/C26H24N2O5/c1-26(2,3)33-25(31)27-18-12-10-16(11-13-18)20-21(29)19-14-15-28(4)24(30)23(19)32-22(20)17-8-6-5-7-9-17/h5-15H,1-4H3,(H,27,31). The third-order valence-electron chi connectivity index (χ3n) is 4.98. The van der Waals surface area contributed by atoms with E-state index in [9.17, 15) is 14.4 Å². The first-order chi connectivity index (χ1) is 15.6. The average molecular weight is 444 g/mol. The molecule has 168 valence electrons. The number of rotatable bonds is 3. The van der Waals surface area contributed by atoms with Crippen molar-refractivity contribution in [3.8, 4) is 22.5 Å². The number of pyridine rings is 1. The number of hydrogen-bond acceptors (Lipinski definition) is 5. The largest absolute Gasteiger partial charge is 0.449 e. The van der Waals surface area contributed by atoms with Crippen molar-refractivity contribution in [3.05, 3.63) is 87.4 Å². The average Bonchev–Trinajstić information content (AvgIpc) is 2.76. The Kier molecular flexibility index (Phi) is 5.64. The number of nitrogens with one attached hydrogen (secondary N) is 1. The number of ether oxygens (including phenoxy) is 1. The van der Waals surface area contributed by atoms with Gasteiger partial charge in [0.05, 0.1) is 10.9 Å². The Bertz CT molecular complexity index is 1440. The van der Waals surface area contributed by atoms with Gasteiger partial charge in [-0.05, 0) is 44.5 Å².